The molecule has 0 fully saturated rings. The molecule has 6 nitrogen and oxygen atoms in total. The lowest BCUT2D eigenvalue weighted by atomic mass is 10.2. The Morgan fingerprint density at radius 2 is 1.96 bits per heavy atom. The van der Waals surface area contributed by atoms with Gasteiger partial charge in [0.25, 0.3) is 11.6 Å². The molecule has 1 atom stereocenters. The molecule has 1 amide bonds. The highest BCUT2D eigenvalue weighted by molar-refractivity contribution is 5.94. The first-order valence-corrected chi connectivity index (χ1v) is 7.30. The van der Waals surface area contributed by atoms with E-state index in [2.05, 4.69) is 12.2 Å². The van der Waals surface area contributed by atoms with Crippen molar-refractivity contribution in [3.05, 3.63) is 64.2 Å². The fraction of sp³-hybridized carbons (Fsp3) is 0.235. The Bertz CT molecular complexity index is 698. The van der Waals surface area contributed by atoms with Gasteiger partial charge in [0.2, 0.25) is 0 Å². The molecule has 0 radical (unpaired) electrons. The van der Waals surface area contributed by atoms with Gasteiger partial charge in [-0.2, -0.15) is 0 Å². The number of anilines is 1. The van der Waals surface area contributed by atoms with Crippen molar-refractivity contribution in [2.45, 2.75) is 26.4 Å². The van der Waals surface area contributed by atoms with E-state index in [4.69, 9.17) is 4.74 Å². The molecule has 0 spiro atoms. The van der Waals surface area contributed by atoms with Crippen molar-refractivity contribution in [1.29, 1.82) is 0 Å². The number of hydrogen-bond acceptors (Lipinski definition) is 4. The zero-order valence-electron chi connectivity index (χ0n) is 13.0. The van der Waals surface area contributed by atoms with Gasteiger partial charge >= 0.3 is 0 Å². The number of non-ortho nitro benzene ring substituents is 1. The standard InChI is InChI=1S/C17H18N2O4/c1-3-13-7-9-16(10-8-13)23-12(2)17(20)18-14-5-4-6-15(11-14)19(21)22/h4-12H,3H2,1-2H3,(H,18,20)/t12-/m1/s1. The minimum atomic E-state index is -0.721. The number of carbonyl (C=O) groups excluding carboxylic acids is 1. The van der Waals surface area contributed by atoms with E-state index < -0.39 is 11.0 Å². The molecular formula is C17H18N2O4. The van der Waals surface area contributed by atoms with Crippen LogP contribution in [0.3, 0.4) is 0 Å². The van der Waals surface area contributed by atoms with Crippen molar-refractivity contribution < 1.29 is 14.5 Å². The summed E-state index contributed by atoms with van der Waals surface area (Å²) in [5, 5.41) is 13.3. The molecule has 0 aliphatic carbocycles. The Morgan fingerprint density at radius 3 is 2.57 bits per heavy atom. The molecule has 23 heavy (non-hydrogen) atoms. The minimum absolute atomic E-state index is 0.0773. The maximum Gasteiger partial charge on any atom is 0.271 e. The van der Waals surface area contributed by atoms with Gasteiger partial charge in [-0.3, -0.25) is 14.9 Å². The average Bonchev–Trinajstić information content (AvgIpc) is 2.55. The Balaban J connectivity index is 1.99. The van der Waals surface area contributed by atoms with Crippen molar-refractivity contribution in [2.24, 2.45) is 0 Å². The van der Waals surface area contributed by atoms with Crippen molar-refractivity contribution in [1.82, 2.24) is 0 Å². The molecular weight excluding hydrogens is 296 g/mol. The van der Waals surface area contributed by atoms with E-state index in [1.807, 2.05) is 24.3 Å². The van der Waals surface area contributed by atoms with E-state index in [1.165, 1.54) is 23.8 Å². The molecule has 0 saturated carbocycles. The van der Waals surface area contributed by atoms with Gasteiger partial charge in [-0.05, 0) is 37.1 Å². The first kappa shape index (κ1) is 16.5. The topological polar surface area (TPSA) is 81.5 Å². The van der Waals surface area contributed by atoms with Crippen molar-refractivity contribution >= 4 is 17.3 Å². The molecule has 0 saturated heterocycles. The average molecular weight is 314 g/mol. The smallest absolute Gasteiger partial charge is 0.271 e. The summed E-state index contributed by atoms with van der Waals surface area (Å²) in [5.74, 6) is 0.231. The molecule has 0 aromatic heterocycles. The van der Waals surface area contributed by atoms with E-state index in [1.54, 1.807) is 13.0 Å². The predicted octanol–water partition coefficient (Wildman–Crippen LogP) is 3.56. The lowest BCUT2D eigenvalue weighted by molar-refractivity contribution is -0.384. The number of aryl methyl sites for hydroxylation is 1. The van der Waals surface area contributed by atoms with Crippen LogP contribution < -0.4 is 10.1 Å². The summed E-state index contributed by atoms with van der Waals surface area (Å²) in [6.45, 7) is 3.69. The summed E-state index contributed by atoms with van der Waals surface area (Å²) in [4.78, 5) is 22.3. The molecule has 2 aromatic rings. The lowest BCUT2D eigenvalue weighted by Gasteiger charge is -2.15. The largest absolute Gasteiger partial charge is 0.481 e. The monoisotopic (exact) mass is 314 g/mol. The van der Waals surface area contributed by atoms with Crippen LogP contribution in [-0.4, -0.2) is 16.9 Å². The number of ether oxygens (including phenoxy) is 1. The number of nitro groups is 1. The zero-order chi connectivity index (χ0) is 16.8. The van der Waals surface area contributed by atoms with Gasteiger partial charge in [0, 0.05) is 17.8 Å². The number of carbonyl (C=O) groups is 1. The number of benzene rings is 2. The Labute approximate surface area is 134 Å². The Morgan fingerprint density at radius 1 is 1.26 bits per heavy atom. The lowest BCUT2D eigenvalue weighted by Crippen LogP contribution is -2.30. The van der Waals surface area contributed by atoms with Crippen LogP contribution in [0.15, 0.2) is 48.5 Å². The predicted molar refractivity (Wildman–Crippen MR) is 87.6 cm³/mol. The minimum Gasteiger partial charge on any atom is -0.481 e. The van der Waals surface area contributed by atoms with Crippen LogP contribution in [0, 0.1) is 10.1 Å². The summed E-state index contributed by atoms with van der Waals surface area (Å²) >= 11 is 0. The van der Waals surface area contributed by atoms with Crippen LogP contribution in [0.25, 0.3) is 0 Å². The molecule has 2 aromatic carbocycles. The number of nitrogens with zero attached hydrogens (tertiary/aromatic N) is 1. The van der Waals surface area contributed by atoms with E-state index >= 15 is 0 Å². The van der Waals surface area contributed by atoms with Gasteiger partial charge < -0.3 is 10.1 Å². The van der Waals surface area contributed by atoms with E-state index in [9.17, 15) is 14.9 Å². The third-order valence-electron chi connectivity index (χ3n) is 3.34. The summed E-state index contributed by atoms with van der Waals surface area (Å²) < 4.78 is 5.58. The summed E-state index contributed by atoms with van der Waals surface area (Å²) in [7, 11) is 0. The van der Waals surface area contributed by atoms with Crippen LogP contribution in [0.1, 0.15) is 19.4 Å². The summed E-state index contributed by atoms with van der Waals surface area (Å²) in [6.07, 6.45) is 0.213. The normalized spacial score (nSPS) is 11.6. The fourth-order valence-corrected chi connectivity index (χ4v) is 2.00. The maximum atomic E-state index is 12.1. The first-order chi connectivity index (χ1) is 11.0. The van der Waals surface area contributed by atoms with Crippen LogP contribution >= 0.6 is 0 Å². The second-order valence-electron chi connectivity index (χ2n) is 5.05. The molecule has 0 unspecified atom stereocenters. The van der Waals surface area contributed by atoms with Gasteiger partial charge in [0.05, 0.1) is 4.92 Å². The van der Waals surface area contributed by atoms with E-state index in [0.717, 1.165) is 6.42 Å². The summed E-state index contributed by atoms with van der Waals surface area (Å²) in [5.41, 5.74) is 1.47. The molecule has 120 valence electrons. The SMILES string of the molecule is CCc1ccc(O[C@H](C)C(=O)Nc2cccc([N+](=O)[O-])c2)cc1. The number of rotatable bonds is 6. The second-order valence-corrected chi connectivity index (χ2v) is 5.05. The molecule has 6 heteroatoms. The highest BCUT2D eigenvalue weighted by Crippen LogP contribution is 2.18. The second kappa shape index (κ2) is 7.40. The number of nitro benzene ring substituents is 1. The summed E-state index contributed by atoms with van der Waals surface area (Å²) in [6, 6.07) is 13.3. The Hall–Kier alpha value is -2.89. The molecule has 0 bridgehead atoms. The van der Waals surface area contributed by atoms with Crippen LogP contribution in [0.2, 0.25) is 0 Å². The van der Waals surface area contributed by atoms with Gasteiger partial charge in [0.15, 0.2) is 6.10 Å². The quantitative estimate of drug-likeness (QED) is 0.653. The molecule has 2 rings (SSSR count). The van der Waals surface area contributed by atoms with Crippen LogP contribution in [0.4, 0.5) is 11.4 Å². The number of amides is 1. The van der Waals surface area contributed by atoms with Gasteiger partial charge in [0.1, 0.15) is 5.75 Å². The van der Waals surface area contributed by atoms with Crippen molar-refractivity contribution in [3.8, 4) is 5.75 Å². The fourth-order valence-electron chi connectivity index (χ4n) is 2.00. The highest BCUT2D eigenvalue weighted by Gasteiger charge is 2.16. The van der Waals surface area contributed by atoms with Gasteiger partial charge in [-0.1, -0.05) is 25.1 Å². The Kier molecular flexibility index (Phi) is 5.30. The van der Waals surface area contributed by atoms with Crippen molar-refractivity contribution in [2.75, 3.05) is 5.32 Å². The maximum absolute atomic E-state index is 12.1. The van der Waals surface area contributed by atoms with Crippen LogP contribution in [-0.2, 0) is 11.2 Å². The zero-order valence-corrected chi connectivity index (χ0v) is 13.0. The first-order valence-electron chi connectivity index (χ1n) is 7.30. The van der Waals surface area contributed by atoms with Crippen LogP contribution in [0.5, 0.6) is 5.75 Å². The number of hydrogen-bond donors (Lipinski definition) is 1. The molecule has 1 N–H and O–H groups in total. The molecule has 0 heterocycles. The molecule has 0 aliphatic heterocycles. The van der Waals surface area contributed by atoms with Gasteiger partial charge in [-0.25, -0.2) is 0 Å². The third-order valence-corrected chi connectivity index (χ3v) is 3.34. The van der Waals surface area contributed by atoms with E-state index in [-0.39, 0.29) is 11.6 Å². The molecule has 0 aliphatic rings. The van der Waals surface area contributed by atoms with Gasteiger partial charge in [-0.15, -0.1) is 0 Å². The third kappa shape index (κ3) is 4.54. The number of nitrogens with one attached hydrogen (secondary N) is 1. The highest BCUT2D eigenvalue weighted by atomic mass is 16.6. The van der Waals surface area contributed by atoms with Crippen molar-refractivity contribution in [3.63, 3.8) is 0 Å². The van der Waals surface area contributed by atoms with E-state index in [0.29, 0.717) is 11.4 Å².